The van der Waals surface area contributed by atoms with E-state index in [0.717, 1.165) is 6.42 Å². The molecule has 2 N–H and O–H groups in total. The van der Waals surface area contributed by atoms with E-state index in [-0.39, 0.29) is 11.9 Å². The Labute approximate surface area is 52.6 Å². The Morgan fingerprint density at radius 3 is 2.89 bits per heavy atom. The van der Waals surface area contributed by atoms with Gasteiger partial charge < -0.3 is 5.32 Å². The molecule has 0 radical (unpaired) electrons. The molecule has 1 heterocycles. The first-order valence-corrected chi connectivity index (χ1v) is 2.87. The van der Waals surface area contributed by atoms with Crippen molar-refractivity contribution in [3.63, 3.8) is 0 Å². The topological polar surface area (TPSA) is 58.2 Å². The Morgan fingerprint density at radius 2 is 2.11 bits per heavy atom. The molecule has 1 fully saturated rings. The molecule has 0 saturated carbocycles. The highest BCUT2D eigenvalue weighted by Crippen LogP contribution is 1.90. The maximum atomic E-state index is 10.5. The Morgan fingerprint density at radius 1 is 1.33 bits per heavy atom. The van der Waals surface area contributed by atoms with Crippen LogP contribution < -0.4 is 10.6 Å². The largest absolute Gasteiger partial charge is 0.338 e. The summed E-state index contributed by atoms with van der Waals surface area (Å²) in [4.78, 5) is 21.0. The number of hydrogen-bond donors (Lipinski definition) is 2. The lowest BCUT2D eigenvalue weighted by Gasteiger charge is -1.95. The van der Waals surface area contributed by atoms with Gasteiger partial charge in [-0.15, -0.1) is 0 Å². The van der Waals surface area contributed by atoms with E-state index >= 15 is 0 Å². The van der Waals surface area contributed by atoms with Crippen LogP contribution in [0.15, 0.2) is 0 Å². The molecule has 1 aliphatic heterocycles. The number of carbonyl (C=O) groups is 2. The molecule has 3 amide bonds. The maximum Gasteiger partial charge on any atom is 0.321 e. The molecule has 50 valence electrons. The predicted octanol–water partition coefficient (Wildman–Crippen LogP) is -0.394. The molecule has 0 aliphatic carbocycles. The van der Waals surface area contributed by atoms with E-state index in [1.54, 1.807) is 0 Å². The van der Waals surface area contributed by atoms with E-state index in [0.29, 0.717) is 13.0 Å². The molecule has 1 saturated heterocycles. The normalized spacial score (nSPS) is 20.0. The number of urea groups is 1. The molecule has 0 aromatic heterocycles. The Hall–Kier alpha value is -1.06. The van der Waals surface area contributed by atoms with Gasteiger partial charge in [0.15, 0.2) is 0 Å². The monoisotopic (exact) mass is 128 g/mol. The molecule has 0 unspecified atom stereocenters. The van der Waals surface area contributed by atoms with Gasteiger partial charge in [0.2, 0.25) is 5.91 Å². The zero-order chi connectivity index (χ0) is 6.69. The van der Waals surface area contributed by atoms with Gasteiger partial charge in [-0.05, 0) is 6.42 Å². The number of nitrogens with one attached hydrogen (secondary N) is 2. The van der Waals surface area contributed by atoms with Crippen molar-refractivity contribution in [3.05, 3.63) is 0 Å². The van der Waals surface area contributed by atoms with E-state index in [1.807, 2.05) is 0 Å². The molecular formula is C5H8N2O2. The van der Waals surface area contributed by atoms with Gasteiger partial charge in [0.1, 0.15) is 0 Å². The van der Waals surface area contributed by atoms with Crippen molar-refractivity contribution in [1.82, 2.24) is 10.6 Å². The molecule has 4 heteroatoms. The minimum absolute atomic E-state index is 0.190. The Kier molecular flexibility index (Phi) is 1.67. The van der Waals surface area contributed by atoms with E-state index in [1.165, 1.54) is 0 Å². The lowest BCUT2D eigenvalue weighted by molar-refractivity contribution is -0.119. The average molecular weight is 128 g/mol. The fraction of sp³-hybridized carbons (Fsp3) is 0.600. The molecule has 0 aromatic carbocycles. The first-order chi connectivity index (χ1) is 4.29. The van der Waals surface area contributed by atoms with Crippen molar-refractivity contribution in [2.24, 2.45) is 0 Å². The van der Waals surface area contributed by atoms with Crippen molar-refractivity contribution in [2.75, 3.05) is 6.54 Å². The van der Waals surface area contributed by atoms with Crippen molar-refractivity contribution in [3.8, 4) is 0 Å². The highest BCUT2D eigenvalue weighted by Gasteiger charge is 2.10. The van der Waals surface area contributed by atoms with Crippen molar-refractivity contribution in [2.45, 2.75) is 12.8 Å². The molecule has 0 atom stereocenters. The zero-order valence-corrected chi connectivity index (χ0v) is 4.94. The maximum absolute atomic E-state index is 10.5. The summed E-state index contributed by atoms with van der Waals surface area (Å²) < 4.78 is 0. The molecule has 4 nitrogen and oxygen atoms in total. The number of rotatable bonds is 0. The second-order valence-corrected chi connectivity index (χ2v) is 1.91. The lowest BCUT2D eigenvalue weighted by Crippen LogP contribution is -2.35. The van der Waals surface area contributed by atoms with E-state index < -0.39 is 0 Å². The van der Waals surface area contributed by atoms with Crippen molar-refractivity contribution >= 4 is 11.9 Å². The quantitative estimate of drug-likeness (QED) is 0.466. The van der Waals surface area contributed by atoms with Crippen LogP contribution in [0.3, 0.4) is 0 Å². The highest BCUT2D eigenvalue weighted by atomic mass is 16.2. The molecule has 1 rings (SSSR count). The summed E-state index contributed by atoms with van der Waals surface area (Å²) in [5.74, 6) is -0.190. The summed E-state index contributed by atoms with van der Waals surface area (Å²) >= 11 is 0. The standard InChI is InChI=1S/C5H8N2O2/c8-4-2-1-3-6-5(9)7-4/h1-3H2,(H2,6,7,8,9). The van der Waals surface area contributed by atoms with Crippen LogP contribution in [-0.4, -0.2) is 18.5 Å². The number of hydrogen-bond acceptors (Lipinski definition) is 2. The van der Waals surface area contributed by atoms with Crippen LogP contribution in [0.5, 0.6) is 0 Å². The third-order valence-electron chi connectivity index (χ3n) is 1.12. The molecular weight excluding hydrogens is 120 g/mol. The number of amides is 3. The summed E-state index contributed by atoms with van der Waals surface area (Å²) in [7, 11) is 0. The van der Waals surface area contributed by atoms with E-state index in [2.05, 4.69) is 10.6 Å². The van der Waals surface area contributed by atoms with Crippen LogP contribution in [0.1, 0.15) is 12.8 Å². The van der Waals surface area contributed by atoms with E-state index in [9.17, 15) is 9.59 Å². The molecule has 9 heavy (non-hydrogen) atoms. The third kappa shape index (κ3) is 1.71. The number of imide groups is 1. The highest BCUT2D eigenvalue weighted by molar-refractivity contribution is 5.94. The Balaban J connectivity index is 2.47. The van der Waals surface area contributed by atoms with Gasteiger partial charge in [-0.3, -0.25) is 10.1 Å². The Bertz CT molecular complexity index is 128. The second kappa shape index (κ2) is 2.48. The fourth-order valence-electron chi connectivity index (χ4n) is 0.684. The zero-order valence-electron chi connectivity index (χ0n) is 4.94. The first-order valence-electron chi connectivity index (χ1n) is 2.87. The smallest absolute Gasteiger partial charge is 0.321 e. The molecule has 0 aromatic rings. The van der Waals surface area contributed by atoms with Crippen LogP contribution in [0.4, 0.5) is 4.79 Å². The molecule has 0 spiro atoms. The summed E-state index contributed by atoms with van der Waals surface area (Å²) in [6, 6.07) is -0.377. The van der Waals surface area contributed by atoms with Crippen LogP contribution in [0.2, 0.25) is 0 Å². The predicted molar refractivity (Wildman–Crippen MR) is 30.8 cm³/mol. The molecule has 1 aliphatic rings. The number of carbonyl (C=O) groups excluding carboxylic acids is 2. The van der Waals surface area contributed by atoms with Crippen LogP contribution in [0.25, 0.3) is 0 Å². The average Bonchev–Trinajstić information content (AvgIpc) is 1.93. The summed E-state index contributed by atoms with van der Waals surface area (Å²) in [5.41, 5.74) is 0. The van der Waals surface area contributed by atoms with Crippen LogP contribution in [-0.2, 0) is 4.79 Å². The van der Waals surface area contributed by atoms with Gasteiger partial charge in [0.25, 0.3) is 0 Å². The van der Waals surface area contributed by atoms with Gasteiger partial charge >= 0.3 is 6.03 Å². The van der Waals surface area contributed by atoms with Gasteiger partial charge in [0, 0.05) is 13.0 Å². The van der Waals surface area contributed by atoms with Crippen LogP contribution in [0, 0.1) is 0 Å². The van der Waals surface area contributed by atoms with Crippen molar-refractivity contribution < 1.29 is 9.59 Å². The lowest BCUT2D eigenvalue weighted by atomic mass is 10.3. The third-order valence-corrected chi connectivity index (χ3v) is 1.12. The SMILES string of the molecule is O=C1CCCNC(=O)N1. The first kappa shape index (κ1) is 6.07. The van der Waals surface area contributed by atoms with E-state index in [4.69, 9.17) is 0 Å². The minimum Gasteiger partial charge on any atom is -0.338 e. The van der Waals surface area contributed by atoms with Gasteiger partial charge in [-0.2, -0.15) is 0 Å². The second-order valence-electron chi connectivity index (χ2n) is 1.91. The summed E-state index contributed by atoms with van der Waals surface area (Å²) in [6.45, 7) is 0.595. The van der Waals surface area contributed by atoms with Crippen molar-refractivity contribution in [1.29, 1.82) is 0 Å². The van der Waals surface area contributed by atoms with Crippen LogP contribution >= 0.6 is 0 Å². The molecule has 0 bridgehead atoms. The van der Waals surface area contributed by atoms with Gasteiger partial charge in [-0.1, -0.05) is 0 Å². The fourth-order valence-corrected chi connectivity index (χ4v) is 0.684. The summed E-state index contributed by atoms with van der Waals surface area (Å²) in [5, 5.41) is 4.66. The minimum atomic E-state index is -0.377. The van der Waals surface area contributed by atoms with Gasteiger partial charge in [-0.25, -0.2) is 4.79 Å². The summed E-state index contributed by atoms with van der Waals surface area (Å²) in [6.07, 6.45) is 1.18. The van der Waals surface area contributed by atoms with Gasteiger partial charge in [0.05, 0.1) is 0 Å².